The van der Waals surface area contributed by atoms with Crippen LogP contribution in [0, 0.1) is 0 Å². The van der Waals surface area contributed by atoms with E-state index in [0.717, 1.165) is 25.7 Å². The minimum atomic E-state index is -3.48. The molecule has 0 heterocycles. The fraction of sp³-hybridized carbons (Fsp3) is 1.00. The summed E-state index contributed by atoms with van der Waals surface area (Å²) in [6.45, 7) is 5.16. The van der Waals surface area contributed by atoms with Crippen molar-refractivity contribution in [3.05, 3.63) is 0 Å². The first kappa shape index (κ1) is 12.9. The third-order valence-electron chi connectivity index (χ3n) is 1.88. The zero-order valence-corrected chi connectivity index (χ0v) is 9.31. The van der Waals surface area contributed by atoms with Crippen LogP contribution in [0.2, 0.25) is 0 Å². The SMILES string of the molecule is CCCC[N+](CCCC)S(N)(=O)=O. The molecule has 0 atom stereocenters. The Kier molecular flexibility index (Phi) is 6.28. The third-order valence-corrected chi connectivity index (χ3v) is 2.97. The largest absolute Gasteiger partial charge is 0.412 e. The maximum Gasteiger partial charge on any atom is 0.412 e. The predicted octanol–water partition coefficient (Wildman–Crippen LogP) is 0.930. The van der Waals surface area contributed by atoms with Crippen molar-refractivity contribution in [2.45, 2.75) is 39.5 Å². The van der Waals surface area contributed by atoms with Gasteiger partial charge in [-0.15, -0.1) is 0 Å². The molecule has 2 N–H and O–H groups in total. The summed E-state index contributed by atoms with van der Waals surface area (Å²) in [7, 11) is -3.48. The van der Waals surface area contributed by atoms with Gasteiger partial charge in [-0.3, -0.25) is 0 Å². The molecule has 0 aromatic heterocycles. The van der Waals surface area contributed by atoms with Crippen molar-refractivity contribution in [1.29, 1.82) is 0 Å². The Morgan fingerprint density at radius 2 is 1.46 bits per heavy atom. The lowest BCUT2D eigenvalue weighted by molar-refractivity contribution is 0.486. The average Bonchev–Trinajstić information content (AvgIpc) is 2.02. The van der Waals surface area contributed by atoms with Gasteiger partial charge < -0.3 is 0 Å². The maximum absolute atomic E-state index is 11.0. The highest BCUT2D eigenvalue weighted by atomic mass is 32.2. The molecule has 0 amide bonds. The second kappa shape index (κ2) is 6.34. The van der Waals surface area contributed by atoms with E-state index in [-0.39, 0.29) is 0 Å². The van der Waals surface area contributed by atoms with Crippen LogP contribution in [0.25, 0.3) is 0 Å². The van der Waals surface area contributed by atoms with E-state index in [1.165, 1.54) is 4.31 Å². The van der Waals surface area contributed by atoms with Gasteiger partial charge in [-0.2, -0.15) is 13.6 Å². The van der Waals surface area contributed by atoms with Crippen LogP contribution in [0.5, 0.6) is 0 Å². The topological polar surface area (TPSA) is 66.1 Å². The van der Waals surface area contributed by atoms with Gasteiger partial charge in [0.2, 0.25) is 0 Å². The molecule has 0 rings (SSSR count). The molecular formula is C8H20N2O2S+. The number of unbranched alkanes of at least 4 members (excludes halogenated alkanes) is 2. The monoisotopic (exact) mass is 208 g/mol. The van der Waals surface area contributed by atoms with Crippen molar-refractivity contribution in [3.63, 3.8) is 0 Å². The van der Waals surface area contributed by atoms with E-state index in [9.17, 15) is 8.42 Å². The molecular weight excluding hydrogens is 188 g/mol. The molecule has 5 heteroatoms. The van der Waals surface area contributed by atoms with Crippen molar-refractivity contribution in [3.8, 4) is 0 Å². The van der Waals surface area contributed by atoms with Crippen LogP contribution in [0.3, 0.4) is 0 Å². The fourth-order valence-electron chi connectivity index (χ4n) is 1.04. The first-order chi connectivity index (χ1) is 6.02. The lowest BCUT2D eigenvalue weighted by Crippen LogP contribution is -2.43. The van der Waals surface area contributed by atoms with Gasteiger partial charge in [0.05, 0.1) is 0 Å². The Morgan fingerprint density at radius 1 is 1.08 bits per heavy atom. The van der Waals surface area contributed by atoms with Gasteiger partial charge in [-0.1, -0.05) is 26.7 Å². The normalized spacial score (nSPS) is 12.3. The average molecular weight is 208 g/mol. The Bertz CT molecular complexity index is 206. The highest BCUT2D eigenvalue weighted by Gasteiger charge is 2.26. The number of nitrogens with two attached hydrogens (primary N) is 1. The van der Waals surface area contributed by atoms with Gasteiger partial charge >= 0.3 is 10.2 Å². The minimum Gasteiger partial charge on any atom is -0.178 e. The number of rotatable bonds is 7. The summed E-state index contributed by atoms with van der Waals surface area (Å²) < 4.78 is 23.5. The Labute approximate surface area is 81.3 Å². The van der Waals surface area contributed by atoms with Crippen molar-refractivity contribution < 1.29 is 8.42 Å². The van der Waals surface area contributed by atoms with Crippen LogP contribution < -0.4 is 9.44 Å². The molecule has 4 nitrogen and oxygen atoms in total. The van der Waals surface area contributed by atoms with Crippen LogP contribution in [0.15, 0.2) is 0 Å². The first-order valence-corrected chi connectivity index (χ1v) is 6.30. The van der Waals surface area contributed by atoms with Gasteiger partial charge in [0.1, 0.15) is 13.1 Å². The molecule has 0 aromatic rings. The fourth-order valence-corrected chi connectivity index (χ4v) is 1.80. The minimum absolute atomic E-state index is 0.551. The molecule has 0 saturated heterocycles. The molecule has 0 fully saturated rings. The summed E-state index contributed by atoms with van der Waals surface area (Å²) in [6, 6.07) is 0. The van der Waals surface area contributed by atoms with Gasteiger partial charge in [0, 0.05) is 12.8 Å². The third kappa shape index (κ3) is 6.01. The van der Waals surface area contributed by atoms with E-state index in [1.54, 1.807) is 0 Å². The van der Waals surface area contributed by atoms with Crippen molar-refractivity contribution >= 4 is 10.2 Å². The summed E-state index contributed by atoms with van der Waals surface area (Å²) >= 11 is 0. The summed E-state index contributed by atoms with van der Waals surface area (Å²) in [4.78, 5) is 0. The van der Waals surface area contributed by atoms with E-state index >= 15 is 0 Å². The summed E-state index contributed by atoms with van der Waals surface area (Å²) in [5.74, 6) is 0. The van der Waals surface area contributed by atoms with E-state index in [2.05, 4.69) is 0 Å². The summed E-state index contributed by atoms with van der Waals surface area (Å²) in [5.41, 5.74) is 0. The molecule has 0 aliphatic carbocycles. The van der Waals surface area contributed by atoms with Gasteiger partial charge in [-0.25, -0.2) is 0 Å². The Hall–Kier alpha value is -0.130. The summed E-state index contributed by atoms with van der Waals surface area (Å²) in [6.07, 6.45) is 3.72. The van der Waals surface area contributed by atoms with E-state index in [0.29, 0.717) is 13.1 Å². The van der Waals surface area contributed by atoms with E-state index in [4.69, 9.17) is 5.14 Å². The van der Waals surface area contributed by atoms with Gasteiger partial charge in [-0.05, 0) is 4.31 Å². The molecule has 0 bridgehead atoms. The highest BCUT2D eigenvalue weighted by Crippen LogP contribution is 1.98. The van der Waals surface area contributed by atoms with E-state index < -0.39 is 10.2 Å². The molecule has 0 aliphatic heterocycles. The van der Waals surface area contributed by atoms with Crippen LogP contribution in [0.4, 0.5) is 0 Å². The van der Waals surface area contributed by atoms with Crippen LogP contribution in [-0.4, -0.2) is 21.5 Å². The smallest absolute Gasteiger partial charge is 0.178 e. The van der Waals surface area contributed by atoms with Crippen molar-refractivity contribution in [2.75, 3.05) is 13.1 Å². The van der Waals surface area contributed by atoms with Crippen molar-refractivity contribution in [2.24, 2.45) is 5.14 Å². The second-order valence-electron chi connectivity index (χ2n) is 3.15. The zero-order valence-electron chi connectivity index (χ0n) is 8.49. The van der Waals surface area contributed by atoms with Gasteiger partial charge in [0.25, 0.3) is 0 Å². The molecule has 0 unspecified atom stereocenters. The predicted molar refractivity (Wildman–Crippen MR) is 54.8 cm³/mol. The maximum atomic E-state index is 11.0. The first-order valence-electron chi connectivity index (χ1n) is 4.80. The molecule has 0 saturated carbocycles. The number of nitrogens with zero attached hydrogens (tertiary/aromatic N) is 1. The van der Waals surface area contributed by atoms with Crippen molar-refractivity contribution in [1.82, 2.24) is 4.31 Å². The summed E-state index contributed by atoms with van der Waals surface area (Å²) in [5, 5.41) is 5.06. The van der Waals surface area contributed by atoms with E-state index in [1.807, 2.05) is 13.8 Å². The quantitative estimate of drug-likeness (QED) is 0.632. The molecule has 0 aromatic carbocycles. The number of hydrogen-bond donors (Lipinski definition) is 1. The molecule has 13 heavy (non-hydrogen) atoms. The standard InChI is InChI=1S/C8H20N2O2S/c1-3-5-7-10(8-6-4-2)13(9,11)12/h3-8H2,1-2H3,(H2,9,11,12)/q+1. The molecule has 0 spiro atoms. The molecule has 0 aliphatic rings. The molecule has 79 valence electrons. The number of hydrogen-bond acceptors (Lipinski definition) is 2. The van der Waals surface area contributed by atoms with Crippen LogP contribution in [-0.2, 0) is 10.2 Å². The lowest BCUT2D eigenvalue weighted by Gasteiger charge is -2.07. The highest BCUT2D eigenvalue weighted by molar-refractivity contribution is 7.87. The molecule has 1 radical (unpaired) electrons. The second-order valence-corrected chi connectivity index (χ2v) is 4.70. The Balaban J connectivity index is 4.04. The Morgan fingerprint density at radius 3 is 1.69 bits per heavy atom. The zero-order chi connectivity index (χ0) is 10.3. The lowest BCUT2D eigenvalue weighted by atomic mass is 10.3. The van der Waals surface area contributed by atoms with Gasteiger partial charge in [0.15, 0.2) is 0 Å². The van der Waals surface area contributed by atoms with Crippen LogP contribution in [0.1, 0.15) is 39.5 Å². The van der Waals surface area contributed by atoms with Crippen LogP contribution >= 0.6 is 0 Å².